The minimum absolute atomic E-state index is 0.928. The molecule has 0 unspecified atom stereocenters. The molecule has 2 heterocycles. The van der Waals surface area contributed by atoms with Crippen LogP contribution in [0, 0.1) is 0 Å². The number of hydrogen-bond acceptors (Lipinski definition) is 2. The normalized spacial score (nSPS) is 23.2. The molecule has 0 amide bonds. The second-order valence-electron chi connectivity index (χ2n) is 2.49. The summed E-state index contributed by atoms with van der Waals surface area (Å²) in [5, 5.41) is 11.1. The molecule has 0 aromatic carbocycles. The van der Waals surface area contributed by atoms with Gasteiger partial charge in [-0.15, -0.1) is 5.10 Å². The van der Waals surface area contributed by atoms with Crippen LogP contribution in [-0.2, 0) is 0 Å². The first-order valence-corrected chi connectivity index (χ1v) is 3.53. The van der Waals surface area contributed by atoms with Crippen LogP contribution in [0.2, 0.25) is 0 Å². The maximum atomic E-state index is 3.86. The van der Waals surface area contributed by atoms with Crippen LogP contribution in [-0.4, -0.2) is 29.7 Å². The van der Waals surface area contributed by atoms with Gasteiger partial charge in [0.05, 0.1) is 18.3 Å². The van der Waals surface area contributed by atoms with E-state index in [1.807, 2.05) is 0 Å². The molecule has 10 heavy (non-hydrogen) atoms. The first kappa shape index (κ1) is 5.70. The zero-order chi connectivity index (χ0) is 6.81. The highest BCUT2D eigenvalue weighted by molar-refractivity contribution is 6.28. The van der Waals surface area contributed by atoms with Gasteiger partial charge in [-0.3, -0.25) is 4.58 Å². The van der Waals surface area contributed by atoms with E-state index in [9.17, 15) is 0 Å². The average molecular weight is 137 g/mol. The van der Waals surface area contributed by atoms with Crippen molar-refractivity contribution in [2.24, 2.45) is 15.4 Å². The fourth-order valence-electron chi connectivity index (χ4n) is 1.27. The van der Waals surface area contributed by atoms with E-state index in [1.165, 1.54) is 12.8 Å². The van der Waals surface area contributed by atoms with Gasteiger partial charge in [0.2, 0.25) is 0 Å². The molecule has 0 N–H and O–H groups in total. The maximum absolute atomic E-state index is 3.86. The third kappa shape index (κ3) is 0.853. The molecule has 0 spiro atoms. The van der Waals surface area contributed by atoms with Crippen molar-refractivity contribution in [2.45, 2.75) is 12.8 Å². The van der Waals surface area contributed by atoms with Crippen molar-refractivity contribution in [2.75, 3.05) is 13.1 Å². The highest BCUT2D eigenvalue weighted by Gasteiger charge is 2.19. The van der Waals surface area contributed by atoms with Crippen molar-refractivity contribution in [3.63, 3.8) is 0 Å². The van der Waals surface area contributed by atoms with Crippen LogP contribution in [0.5, 0.6) is 0 Å². The van der Waals surface area contributed by atoms with Crippen LogP contribution in [0.25, 0.3) is 0 Å². The Labute approximate surface area is 59.0 Å². The molecule has 2 rings (SSSR count). The van der Waals surface area contributed by atoms with Crippen molar-refractivity contribution >= 4 is 12.1 Å². The van der Waals surface area contributed by atoms with Crippen LogP contribution >= 0.6 is 0 Å². The van der Waals surface area contributed by atoms with Gasteiger partial charge in [-0.05, 0) is 12.8 Å². The minimum atomic E-state index is 0.928. The zero-order valence-electron chi connectivity index (χ0n) is 5.69. The van der Waals surface area contributed by atoms with E-state index >= 15 is 0 Å². The highest BCUT2D eigenvalue weighted by atomic mass is 15.4. The summed E-state index contributed by atoms with van der Waals surface area (Å²) in [7, 11) is 0. The monoisotopic (exact) mass is 137 g/mol. The van der Waals surface area contributed by atoms with Gasteiger partial charge in [-0.2, -0.15) is 0 Å². The van der Waals surface area contributed by atoms with E-state index in [2.05, 4.69) is 20.0 Å². The molecule has 2 aliphatic rings. The zero-order valence-corrected chi connectivity index (χ0v) is 5.69. The lowest BCUT2D eigenvalue weighted by molar-refractivity contribution is -0.505. The summed E-state index contributed by atoms with van der Waals surface area (Å²) >= 11 is 0. The first-order chi connectivity index (χ1) is 4.97. The second kappa shape index (κ2) is 2.28. The molecule has 52 valence electrons. The summed E-state index contributed by atoms with van der Waals surface area (Å²) < 4.78 is 2.21. The van der Waals surface area contributed by atoms with E-state index < -0.39 is 0 Å². The molecule has 0 radical (unpaired) electrons. The highest BCUT2D eigenvalue weighted by Crippen LogP contribution is 2.03. The van der Waals surface area contributed by atoms with Crippen LogP contribution in [0.4, 0.5) is 0 Å². The standard InChI is InChI=1S/C6H9N4/c1-2-4-10(3-1)6-5-7-9-8-6/h5H,1-4H2/q+1. The van der Waals surface area contributed by atoms with Crippen molar-refractivity contribution in [3.05, 3.63) is 0 Å². The predicted molar refractivity (Wildman–Crippen MR) is 37.6 cm³/mol. The van der Waals surface area contributed by atoms with Gasteiger partial charge in [0.1, 0.15) is 11.3 Å². The van der Waals surface area contributed by atoms with E-state index in [4.69, 9.17) is 0 Å². The maximum Gasteiger partial charge on any atom is 0.368 e. The molecule has 2 aliphatic heterocycles. The number of hydrogen-bond donors (Lipinski definition) is 0. The Hall–Kier alpha value is -1.06. The molecular weight excluding hydrogens is 128 g/mol. The van der Waals surface area contributed by atoms with Crippen molar-refractivity contribution in [3.8, 4) is 0 Å². The molecule has 0 aromatic heterocycles. The minimum Gasteiger partial charge on any atom is -0.255 e. The van der Waals surface area contributed by atoms with Crippen LogP contribution in [0.15, 0.2) is 15.4 Å². The fraction of sp³-hybridized carbons (Fsp3) is 0.667. The number of amidine groups is 1. The molecule has 1 fully saturated rings. The number of rotatable bonds is 0. The Morgan fingerprint density at radius 2 is 2.10 bits per heavy atom. The molecule has 0 saturated carbocycles. The summed E-state index contributed by atoms with van der Waals surface area (Å²) in [5.41, 5.74) is 0. The third-order valence-electron chi connectivity index (χ3n) is 1.80. The van der Waals surface area contributed by atoms with Crippen molar-refractivity contribution in [1.29, 1.82) is 0 Å². The van der Waals surface area contributed by atoms with Gasteiger partial charge in [-0.1, -0.05) is 0 Å². The fourth-order valence-corrected chi connectivity index (χ4v) is 1.27. The molecule has 0 bridgehead atoms. The van der Waals surface area contributed by atoms with E-state index in [0.717, 1.165) is 18.9 Å². The summed E-state index contributed by atoms with van der Waals surface area (Å²) in [4.78, 5) is 0. The van der Waals surface area contributed by atoms with Gasteiger partial charge < -0.3 is 0 Å². The molecule has 4 nitrogen and oxygen atoms in total. The lowest BCUT2D eigenvalue weighted by atomic mass is 10.4. The summed E-state index contributed by atoms with van der Waals surface area (Å²) in [6, 6.07) is 0. The molecular formula is C6H9N4+. The third-order valence-corrected chi connectivity index (χ3v) is 1.80. The van der Waals surface area contributed by atoms with Crippen LogP contribution in [0.3, 0.4) is 0 Å². The van der Waals surface area contributed by atoms with Crippen LogP contribution in [0.1, 0.15) is 12.8 Å². The summed E-state index contributed by atoms with van der Waals surface area (Å²) in [6.45, 7) is 2.22. The van der Waals surface area contributed by atoms with Gasteiger partial charge in [0.25, 0.3) is 0 Å². The Morgan fingerprint density at radius 3 is 2.70 bits per heavy atom. The van der Waals surface area contributed by atoms with E-state index in [-0.39, 0.29) is 0 Å². The van der Waals surface area contributed by atoms with E-state index in [0.29, 0.717) is 0 Å². The lowest BCUT2D eigenvalue weighted by Crippen LogP contribution is -2.15. The number of nitrogens with zero attached hydrogens (tertiary/aromatic N) is 4. The SMILES string of the molecule is C1=NN=NC1=[N+]1CCCC1. The summed E-state index contributed by atoms with van der Waals surface area (Å²) in [5.74, 6) is 0.928. The first-order valence-electron chi connectivity index (χ1n) is 3.53. The van der Waals surface area contributed by atoms with Crippen molar-refractivity contribution < 1.29 is 4.58 Å². The second-order valence-corrected chi connectivity index (χ2v) is 2.49. The topological polar surface area (TPSA) is 40.1 Å². The van der Waals surface area contributed by atoms with Gasteiger partial charge >= 0.3 is 5.84 Å². The predicted octanol–water partition coefficient (Wildman–Crippen LogP) is 0.643. The molecule has 0 atom stereocenters. The largest absolute Gasteiger partial charge is 0.368 e. The Balaban J connectivity index is 2.26. The van der Waals surface area contributed by atoms with Crippen LogP contribution < -0.4 is 0 Å². The molecule has 0 aliphatic carbocycles. The van der Waals surface area contributed by atoms with Crippen molar-refractivity contribution in [1.82, 2.24) is 0 Å². The van der Waals surface area contributed by atoms with E-state index in [1.54, 1.807) is 6.21 Å². The molecule has 4 heteroatoms. The molecule has 0 aromatic rings. The smallest absolute Gasteiger partial charge is 0.255 e. The van der Waals surface area contributed by atoms with Gasteiger partial charge in [0.15, 0.2) is 0 Å². The lowest BCUT2D eigenvalue weighted by Gasteiger charge is -1.90. The van der Waals surface area contributed by atoms with Gasteiger partial charge in [-0.25, -0.2) is 0 Å². The molecule has 1 saturated heterocycles. The quantitative estimate of drug-likeness (QED) is 0.440. The Kier molecular flexibility index (Phi) is 1.30. The Morgan fingerprint density at radius 1 is 1.30 bits per heavy atom. The summed E-state index contributed by atoms with van der Waals surface area (Å²) in [6.07, 6.45) is 4.26. The average Bonchev–Trinajstić information content (AvgIpc) is 2.59. The Bertz CT molecular complexity index is 204. The van der Waals surface area contributed by atoms with Gasteiger partial charge in [0, 0.05) is 0 Å².